The first-order valence-corrected chi connectivity index (χ1v) is 11.6. The van der Waals surface area contributed by atoms with Crippen molar-refractivity contribution in [3.63, 3.8) is 0 Å². The highest BCUT2D eigenvalue weighted by molar-refractivity contribution is 5.68. The molecule has 0 spiro atoms. The van der Waals surface area contributed by atoms with E-state index in [2.05, 4.69) is 146 Å². The van der Waals surface area contributed by atoms with Gasteiger partial charge in [0.15, 0.2) is 0 Å². The third-order valence-corrected chi connectivity index (χ3v) is 6.76. The zero-order valence-corrected chi connectivity index (χ0v) is 19.3. The first kappa shape index (κ1) is 21.0. The molecule has 0 aromatic heterocycles. The molecule has 0 aliphatic heterocycles. The normalized spacial score (nSPS) is 17.5. The lowest BCUT2D eigenvalue weighted by atomic mass is 9.76. The van der Waals surface area contributed by atoms with Crippen LogP contribution in [-0.4, -0.2) is 7.05 Å². The van der Waals surface area contributed by atoms with E-state index in [1.54, 1.807) is 0 Å². The van der Waals surface area contributed by atoms with Crippen LogP contribution in [0.4, 0.5) is 5.69 Å². The van der Waals surface area contributed by atoms with Crippen LogP contribution in [0.25, 0.3) is 22.3 Å². The highest BCUT2D eigenvalue weighted by atomic mass is 15.1. The second kappa shape index (κ2) is 8.96. The van der Waals surface area contributed by atoms with Crippen molar-refractivity contribution in [1.82, 2.24) is 0 Å². The van der Waals surface area contributed by atoms with Crippen LogP contribution in [0.5, 0.6) is 0 Å². The van der Waals surface area contributed by atoms with Crippen molar-refractivity contribution < 1.29 is 0 Å². The molecular formula is C32H29N. The molecule has 0 saturated heterocycles. The van der Waals surface area contributed by atoms with Crippen LogP contribution in [0, 0.1) is 0 Å². The Morgan fingerprint density at radius 3 is 1.58 bits per heavy atom. The maximum Gasteiger partial charge on any atom is 0.0408 e. The van der Waals surface area contributed by atoms with Gasteiger partial charge in [-0.3, -0.25) is 0 Å². The van der Waals surface area contributed by atoms with Crippen molar-refractivity contribution in [2.75, 3.05) is 11.9 Å². The molecule has 1 heteroatoms. The molecule has 4 aromatic carbocycles. The molecular weight excluding hydrogens is 398 g/mol. The molecule has 1 atom stereocenters. The summed E-state index contributed by atoms with van der Waals surface area (Å²) in [6, 6.07) is 38.9. The Morgan fingerprint density at radius 1 is 0.606 bits per heavy atom. The highest BCUT2D eigenvalue weighted by Crippen LogP contribution is 2.36. The Kier molecular flexibility index (Phi) is 5.71. The van der Waals surface area contributed by atoms with E-state index in [1.807, 2.05) is 0 Å². The van der Waals surface area contributed by atoms with Gasteiger partial charge in [0, 0.05) is 23.8 Å². The summed E-state index contributed by atoms with van der Waals surface area (Å²) in [5, 5.41) is 0. The molecule has 0 heterocycles. The maximum absolute atomic E-state index is 2.36. The number of benzene rings is 4. The fourth-order valence-electron chi connectivity index (χ4n) is 4.52. The molecule has 0 saturated carbocycles. The fourth-order valence-corrected chi connectivity index (χ4v) is 4.52. The minimum atomic E-state index is 0.0106. The van der Waals surface area contributed by atoms with Gasteiger partial charge in [0.05, 0.1) is 0 Å². The molecule has 0 N–H and O–H groups in total. The number of likely N-dealkylation sites (N-methyl/N-ethyl adjacent to an activating group) is 1. The van der Waals surface area contributed by atoms with E-state index in [0.717, 1.165) is 6.42 Å². The van der Waals surface area contributed by atoms with Gasteiger partial charge >= 0.3 is 0 Å². The van der Waals surface area contributed by atoms with E-state index in [9.17, 15) is 0 Å². The second-order valence-electron chi connectivity index (χ2n) is 9.00. The van der Waals surface area contributed by atoms with Crippen LogP contribution in [0.15, 0.2) is 133 Å². The quantitative estimate of drug-likeness (QED) is 0.310. The molecule has 5 rings (SSSR count). The van der Waals surface area contributed by atoms with Crippen LogP contribution in [0.1, 0.15) is 18.9 Å². The number of rotatable bonds is 5. The zero-order valence-electron chi connectivity index (χ0n) is 19.3. The first-order chi connectivity index (χ1) is 16.1. The summed E-state index contributed by atoms with van der Waals surface area (Å²) in [5.74, 6) is 0. The Morgan fingerprint density at radius 2 is 1.09 bits per heavy atom. The van der Waals surface area contributed by atoms with E-state index < -0.39 is 0 Å². The van der Waals surface area contributed by atoms with E-state index in [4.69, 9.17) is 0 Å². The summed E-state index contributed by atoms with van der Waals surface area (Å²) in [6.07, 6.45) is 7.96. The summed E-state index contributed by atoms with van der Waals surface area (Å²) < 4.78 is 0. The largest absolute Gasteiger partial charge is 0.345 e. The van der Waals surface area contributed by atoms with Gasteiger partial charge in [0.2, 0.25) is 0 Å². The summed E-state index contributed by atoms with van der Waals surface area (Å²) in [5.41, 5.74) is 8.81. The van der Waals surface area contributed by atoms with Gasteiger partial charge in [0.25, 0.3) is 0 Å². The van der Waals surface area contributed by atoms with Crippen molar-refractivity contribution in [3.8, 4) is 22.3 Å². The van der Waals surface area contributed by atoms with Crippen LogP contribution >= 0.6 is 0 Å². The van der Waals surface area contributed by atoms with Crippen molar-refractivity contribution in [2.45, 2.75) is 18.8 Å². The van der Waals surface area contributed by atoms with Gasteiger partial charge in [-0.15, -0.1) is 0 Å². The Hall–Kier alpha value is -3.84. The molecule has 0 radical (unpaired) electrons. The molecule has 0 bridgehead atoms. The van der Waals surface area contributed by atoms with Gasteiger partial charge < -0.3 is 4.90 Å². The summed E-state index contributed by atoms with van der Waals surface area (Å²) in [6.45, 7) is 2.32. The number of hydrogen-bond donors (Lipinski definition) is 0. The van der Waals surface area contributed by atoms with E-state index in [0.29, 0.717) is 0 Å². The predicted molar refractivity (Wildman–Crippen MR) is 141 cm³/mol. The van der Waals surface area contributed by atoms with Crippen molar-refractivity contribution >= 4 is 5.69 Å². The molecule has 1 nitrogen and oxygen atoms in total. The van der Waals surface area contributed by atoms with Gasteiger partial charge in [-0.2, -0.15) is 0 Å². The van der Waals surface area contributed by atoms with Gasteiger partial charge in [0.1, 0.15) is 0 Å². The number of allylic oxidation sites excluding steroid dienone is 3. The fraction of sp³-hybridized carbons (Fsp3) is 0.125. The lowest BCUT2D eigenvalue weighted by Crippen LogP contribution is -2.24. The molecule has 33 heavy (non-hydrogen) atoms. The lowest BCUT2D eigenvalue weighted by molar-refractivity contribution is 0.595. The molecule has 4 aromatic rings. The van der Waals surface area contributed by atoms with E-state index >= 15 is 0 Å². The summed E-state index contributed by atoms with van der Waals surface area (Å²) >= 11 is 0. The van der Waals surface area contributed by atoms with Gasteiger partial charge in [-0.1, -0.05) is 116 Å². The summed E-state index contributed by atoms with van der Waals surface area (Å²) in [7, 11) is 2.14. The SMILES string of the molecule is CN(C1=CCC(C)(c2ccc(-c3ccccc3)cc2)C=C1)c1ccc(-c2ccccc2)cc1. The molecule has 1 unspecified atom stereocenters. The number of anilines is 1. The monoisotopic (exact) mass is 427 g/mol. The Balaban J connectivity index is 1.30. The third-order valence-electron chi connectivity index (χ3n) is 6.76. The zero-order chi connectivity index (χ0) is 22.7. The van der Waals surface area contributed by atoms with E-state index in [-0.39, 0.29) is 5.41 Å². The Labute approximate surface area is 197 Å². The minimum absolute atomic E-state index is 0.0106. The number of hydrogen-bond acceptors (Lipinski definition) is 1. The Bertz CT molecular complexity index is 1270. The van der Waals surface area contributed by atoms with Crippen LogP contribution in [0.3, 0.4) is 0 Å². The number of nitrogens with zero attached hydrogens (tertiary/aromatic N) is 1. The average Bonchev–Trinajstić information content (AvgIpc) is 2.90. The molecule has 1 aliphatic carbocycles. The first-order valence-electron chi connectivity index (χ1n) is 11.6. The predicted octanol–water partition coefficient (Wildman–Crippen LogP) is 8.26. The lowest BCUT2D eigenvalue weighted by Gasteiger charge is -2.31. The smallest absolute Gasteiger partial charge is 0.0408 e. The van der Waals surface area contributed by atoms with Crippen LogP contribution < -0.4 is 4.90 Å². The van der Waals surface area contributed by atoms with Crippen LogP contribution in [0.2, 0.25) is 0 Å². The van der Waals surface area contributed by atoms with E-state index in [1.165, 1.54) is 39.2 Å². The highest BCUT2D eigenvalue weighted by Gasteiger charge is 2.25. The molecule has 162 valence electrons. The molecule has 0 fully saturated rings. The van der Waals surface area contributed by atoms with Gasteiger partial charge in [-0.05, 0) is 52.4 Å². The van der Waals surface area contributed by atoms with Gasteiger partial charge in [-0.25, -0.2) is 0 Å². The maximum atomic E-state index is 2.36. The third kappa shape index (κ3) is 4.40. The minimum Gasteiger partial charge on any atom is -0.345 e. The average molecular weight is 428 g/mol. The molecule has 0 amide bonds. The topological polar surface area (TPSA) is 3.24 Å². The van der Waals surface area contributed by atoms with Crippen molar-refractivity contribution in [2.24, 2.45) is 0 Å². The summed E-state index contributed by atoms with van der Waals surface area (Å²) in [4.78, 5) is 2.27. The standard InChI is InChI=1S/C32H29N/c1-32(29-17-13-27(14-18-29)25-9-5-3-6-10-25)23-21-31(22-24-32)33(2)30-19-15-28(16-20-30)26-11-7-4-8-12-26/h3-23H,24H2,1-2H3. The van der Waals surface area contributed by atoms with Crippen molar-refractivity contribution in [1.29, 1.82) is 0 Å². The van der Waals surface area contributed by atoms with Crippen molar-refractivity contribution in [3.05, 3.63) is 139 Å². The second-order valence-corrected chi connectivity index (χ2v) is 9.00. The van der Waals surface area contributed by atoms with Crippen LogP contribution in [-0.2, 0) is 5.41 Å². The molecule has 1 aliphatic rings.